The summed E-state index contributed by atoms with van der Waals surface area (Å²) in [7, 11) is -3.76. The molecule has 5 rings (SSSR count). The molecule has 3 aromatic carbocycles. The summed E-state index contributed by atoms with van der Waals surface area (Å²) in [6.07, 6.45) is 3.20. The molecule has 0 aliphatic carbocycles. The molecule has 1 aliphatic rings. The maximum Gasteiger partial charge on any atom is 0.268 e. The Hall–Kier alpha value is -3.66. The minimum absolute atomic E-state index is 0.0544. The Morgan fingerprint density at radius 2 is 1.75 bits per heavy atom. The summed E-state index contributed by atoms with van der Waals surface area (Å²) in [6, 6.07) is 18.6. The zero-order valence-corrected chi connectivity index (χ0v) is 21.0. The highest BCUT2D eigenvalue weighted by molar-refractivity contribution is 7.89. The monoisotopic (exact) mass is 502 g/mol. The van der Waals surface area contributed by atoms with Crippen LogP contribution < -0.4 is 9.62 Å². The molecule has 1 unspecified atom stereocenters. The summed E-state index contributed by atoms with van der Waals surface area (Å²) < 4.78 is 28.0. The van der Waals surface area contributed by atoms with E-state index >= 15 is 0 Å². The molecule has 1 aromatic heterocycles. The van der Waals surface area contributed by atoms with E-state index < -0.39 is 27.1 Å². The highest BCUT2D eigenvalue weighted by Crippen LogP contribution is 2.45. The van der Waals surface area contributed by atoms with Gasteiger partial charge in [-0.05, 0) is 62.2 Å². The van der Waals surface area contributed by atoms with Gasteiger partial charge in [0, 0.05) is 22.7 Å². The van der Waals surface area contributed by atoms with Crippen LogP contribution in [0.1, 0.15) is 37.5 Å². The molecule has 0 saturated heterocycles. The third kappa shape index (κ3) is 4.15. The van der Waals surface area contributed by atoms with E-state index in [9.17, 15) is 18.3 Å². The lowest BCUT2D eigenvalue weighted by molar-refractivity contribution is -0.132. The molecule has 2 heterocycles. The number of amides is 1. The second-order valence-corrected chi connectivity index (χ2v) is 11.6. The van der Waals surface area contributed by atoms with Crippen molar-refractivity contribution in [3.8, 4) is 0 Å². The summed E-state index contributed by atoms with van der Waals surface area (Å²) in [5.74, 6) is -0.503. The van der Waals surface area contributed by atoms with Gasteiger partial charge in [-0.3, -0.25) is 4.79 Å². The third-order valence-electron chi connectivity index (χ3n) is 6.07. The molecule has 1 amide bonds. The molecular formula is C27H26N4O4S. The van der Waals surface area contributed by atoms with Crippen LogP contribution >= 0.6 is 0 Å². The van der Waals surface area contributed by atoms with Crippen LogP contribution in [-0.2, 0) is 27.0 Å². The van der Waals surface area contributed by atoms with Crippen LogP contribution in [0.15, 0.2) is 84.1 Å². The number of fused-ring (bicyclic) bond motifs is 2. The normalized spacial score (nSPS) is 18.0. The first-order chi connectivity index (χ1) is 17.0. The first-order valence-corrected chi connectivity index (χ1v) is 12.9. The van der Waals surface area contributed by atoms with Gasteiger partial charge in [0.1, 0.15) is 6.33 Å². The molecular weight excluding hydrogens is 476 g/mol. The van der Waals surface area contributed by atoms with Gasteiger partial charge >= 0.3 is 0 Å². The summed E-state index contributed by atoms with van der Waals surface area (Å²) in [5.41, 5.74) is 0.405. The molecule has 4 aromatic rings. The SMILES string of the molecule is CC(C)(C)NS(=O)(=O)c1ccc(C2(O)C(=O)N(Cc3ccc4ncncc4c3)c3ccccc32)cc1. The molecule has 8 nitrogen and oxygen atoms in total. The van der Waals surface area contributed by atoms with Crippen LogP contribution in [0.2, 0.25) is 0 Å². The highest BCUT2D eigenvalue weighted by atomic mass is 32.2. The number of sulfonamides is 1. The molecule has 1 atom stereocenters. The van der Waals surface area contributed by atoms with Crippen LogP contribution in [0, 0.1) is 0 Å². The molecule has 9 heteroatoms. The average Bonchev–Trinajstić information content (AvgIpc) is 3.05. The number of benzene rings is 3. The Bertz CT molecular complexity index is 1580. The van der Waals surface area contributed by atoms with Gasteiger partial charge in [0.25, 0.3) is 5.91 Å². The smallest absolute Gasteiger partial charge is 0.268 e. The minimum Gasteiger partial charge on any atom is -0.372 e. The number of anilines is 1. The predicted molar refractivity (Wildman–Crippen MR) is 137 cm³/mol. The number of hydrogen-bond donors (Lipinski definition) is 2. The number of carbonyl (C=O) groups excluding carboxylic acids is 1. The van der Waals surface area contributed by atoms with Gasteiger partial charge in [-0.2, -0.15) is 0 Å². The zero-order valence-electron chi connectivity index (χ0n) is 20.1. The second kappa shape index (κ2) is 8.48. The standard InChI is InChI=1S/C27H26N4O4S/c1-26(2,3)30-36(34,35)21-11-9-20(10-12-21)27(33)22-6-4-5-7-24(22)31(25(27)32)16-18-8-13-23-19(14-18)15-28-17-29-23/h4-15,17,30,33H,16H2,1-3H3. The van der Waals surface area contributed by atoms with Crippen molar-refractivity contribution < 1.29 is 18.3 Å². The van der Waals surface area contributed by atoms with E-state index in [2.05, 4.69) is 14.7 Å². The van der Waals surface area contributed by atoms with Crippen LogP contribution in [0.3, 0.4) is 0 Å². The van der Waals surface area contributed by atoms with Gasteiger partial charge in [0.2, 0.25) is 10.0 Å². The summed E-state index contributed by atoms with van der Waals surface area (Å²) in [6.45, 7) is 5.51. The van der Waals surface area contributed by atoms with E-state index in [1.165, 1.54) is 30.6 Å². The first-order valence-electron chi connectivity index (χ1n) is 11.5. The Balaban J connectivity index is 1.51. The molecule has 0 spiro atoms. The van der Waals surface area contributed by atoms with Crippen LogP contribution in [0.4, 0.5) is 5.69 Å². The van der Waals surface area contributed by atoms with Crippen molar-refractivity contribution in [1.82, 2.24) is 14.7 Å². The van der Waals surface area contributed by atoms with Gasteiger partial charge in [0.05, 0.1) is 22.6 Å². The van der Waals surface area contributed by atoms with Crippen molar-refractivity contribution in [2.45, 2.75) is 43.4 Å². The van der Waals surface area contributed by atoms with Crippen molar-refractivity contribution in [3.63, 3.8) is 0 Å². The predicted octanol–water partition coefficient (Wildman–Crippen LogP) is 3.49. The molecule has 1 aliphatic heterocycles. The van der Waals surface area contributed by atoms with Gasteiger partial charge < -0.3 is 10.0 Å². The number of nitrogens with zero attached hydrogens (tertiary/aromatic N) is 3. The van der Waals surface area contributed by atoms with E-state index in [1.54, 1.807) is 50.1 Å². The van der Waals surface area contributed by atoms with Crippen molar-refractivity contribution >= 4 is 32.5 Å². The van der Waals surface area contributed by atoms with E-state index in [1.807, 2.05) is 24.3 Å². The van der Waals surface area contributed by atoms with Gasteiger partial charge in [-0.15, -0.1) is 0 Å². The number of aromatic nitrogens is 2. The fraction of sp³-hybridized carbons (Fsp3) is 0.222. The Morgan fingerprint density at radius 1 is 1.03 bits per heavy atom. The fourth-order valence-corrected chi connectivity index (χ4v) is 5.94. The lowest BCUT2D eigenvalue weighted by atomic mass is 9.87. The Morgan fingerprint density at radius 3 is 2.47 bits per heavy atom. The third-order valence-corrected chi connectivity index (χ3v) is 7.85. The van der Waals surface area contributed by atoms with E-state index in [4.69, 9.17) is 0 Å². The maximum absolute atomic E-state index is 13.7. The van der Waals surface area contributed by atoms with Crippen molar-refractivity contribution in [2.24, 2.45) is 0 Å². The summed E-state index contributed by atoms with van der Waals surface area (Å²) >= 11 is 0. The maximum atomic E-state index is 13.7. The Kier molecular flexibility index (Phi) is 5.66. The zero-order chi connectivity index (χ0) is 25.7. The second-order valence-electron chi connectivity index (χ2n) is 9.91. The largest absolute Gasteiger partial charge is 0.372 e. The van der Waals surface area contributed by atoms with E-state index in [-0.39, 0.29) is 11.4 Å². The molecule has 36 heavy (non-hydrogen) atoms. The quantitative estimate of drug-likeness (QED) is 0.432. The number of aliphatic hydroxyl groups is 1. The van der Waals surface area contributed by atoms with Gasteiger partial charge in [0.15, 0.2) is 5.60 Å². The van der Waals surface area contributed by atoms with Crippen LogP contribution in [0.5, 0.6) is 0 Å². The minimum atomic E-state index is -3.76. The lowest BCUT2D eigenvalue weighted by Gasteiger charge is -2.24. The van der Waals surface area contributed by atoms with Crippen LogP contribution in [0.25, 0.3) is 10.9 Å². The molecule has 0 saturated carbocycles. The number of nitrogens with one attached hydrogen (secondary N) is 1. The van der Waals surface area contributed by atoms with Gasteiger partial charge in [-0.1, -0.05) is 36.4 Å². The van der Waals surface area contributed by atoms with E-state index in [0.29, 0.717) is 16.8 Å². The highest BCUT2D eigenvalue weighted by Gasteiger charge is 2.51. The van der Waals surface area contributed by atoms with E-state index in [0.717, 1.165) is 16.5 Å². The Labute approximate surface area is 209 Å². The first kappa shape index (κ1) is 24.1. The number of rotatable bonds is 5. The number of para-hydroxylation sites is 1. The van der Waals surface area contributed by atoms with Gasteiger partial charge in [-0.25, -0.2) is 23.1 Å². The molecule has 0 bridgehead atoms. The molecule has 0 fully saturated rings. The topological polar surface area (TPSA) is 112 Å². The molecule has 0 radical (unpaired) electrons. The number of carbonyl (C=O) groups is 1. The van der Waals surface area contributed by atoms with Crippen molar-refractivity contribution in [3.05, 3.63) is 95.9 Å². The summed E-state index contributed by atoms with van der Waals surface area (Å²) in [4.78, 5) is 23.6. The van der Waals surface area contributed by atoms with Crippen LogP contribution in [-0.4, -0.2) is 34.9 Å². The molecule has 2 N–H and O–H groups in total. The number of hydrogen-bond acceptors (Lipinski definition) is 6. The molecule has 184 valence electrons. The summed E-state index contributed by atoms with van der Waals surface area (Å²) in [5, 5.41) is 12.7. The lowest BCUT2D eigenvalue weighted by Crippen LogP contribution is -2.41. The fourth-order valence-electron chi connectivity index (χ4n) is 4.52. The average molecular weight is 503 g/mol. The van der Waals surface area contributed by atoms with Crippen molar-refractivity contribution in [2.75, 3.05) is 4.90 Å². The van der Waals surface area contributed by atoms with Crippen molar-refractivity contribution in [1.29, 1.82) is 0 Å².